The molecule has 0 atom stereocenters. The van der Waals surface area contributed by atoms with Crippen LogP contribution in [0.4, 0.5) is 5.82 Å². The monoisotopic (exact) mass is 373 g/mol. The molecule has 1 saturated carbocycles. The summed E-state index contributed by atoms with van der Waals surface area (Å²) in [5.74, 6) is 0.958. The molecule has 27 heavy (non-hydrogen) atoms. The Labute approximate surface area is 158 Å². The van der Waals surface area contributed by atoms with Gasteiger partial charge in [0.1, 0.15) is 5.76 Å². The second-order valence-corrected chi connectivity index (χ2v) is 7.60. The van der Waals surface area contributed by atoms with Crippen molar-refractivity contribution in [3.05, 3.63) is 29.3 Å². The van der Waals surface area contributed by atoms with Gasteiger partial charge in [0.05, 0.1) is 12.1 Å². The Bertz CT molecular complexity index is 815. The van der Waals surface area contributed by atoms with Crippen molar-refractivity contribution in [3.63, 3.8) is 0 Å². The van der Waals surface area contributed by atoms with Crippen molar-refractivity contribution in [2.24, 2.45) is 11.7 Å². The lowest BCUT2D eigenvalue weighted by Gasteiger charge is -2.27. The van der Waals surface area contributed by atoms with E-state index in [1.807, 2.05) is 17.7 Å². The summed E-state index contributed by atoms with van der Waals surface area (Å²) < 4.78 is 7.05. The molecule has 3 N–H and O–H groups in total. The molecule has 8 nitrogen and oxygen atoms in total. The van der Waals surface area contributed by atoms with Crippen molar-refractivity contribution in [2.45, 2.75) is 64.8 Å². The number of carbonyl (C=O) groups is 2. The number of aryl methyl sites for hydroxylation is 1. The maximum Gasteiger partial charge on any atom is 0.233 e. The van der Waals surface area contributed by atoms with E-state index in [4.69, 9.17) is 10.3 Å². The topological polar surface area (TPSA) is 116 Å². The highest BCUT2D eigenvalue weighted by Crippen LogP contribution is 2.37. The number of amides is 2. The number of carbonyl (C=O) groups excluding carboxylic acids is 2. The van der Waals surface area contributed by atoms with Gasteiger partial charge in [0.15, 0.2) is 5.82 Å². The average Bonchev–Trinajstić information content (AvgIpc) is 3.21. The predicted octanol–water partition coefficient (Wildman–Crippen LogP) is 2.70. The van der Waals surface area contributed by atoms with Crippen LogP contribution in [0.25, 0.3) is 0 Å². The molecule has 2 heterocycles. The lowest BCUT2D eigenvalue weighted by atomic mass is 9.80. The Balaban J connectivity index is 1.69. The summed E-state index contributed by atoms with van der Waals surface area (Å²) >= 11 is 0. The predicted molar refractivity (Wildman–Crippen MR) is 100 cm³/mol. The SMILES string of the molecule is Cc1cc(CC(=O)Nc2cc(C3CCC(C(N)=O)CC3)n(C(C)C)n2)on1. The minimum atomic E-state index is -0.207. The zero-order valence-corrected chi connectivity index (χ0v) is 16.1. The highest BCUT2D eigenvalue weighted by Gasteiger charge is 2.28. The van der Waals surface area contributed by atoms with Gasteiger partial charge >= 0.3 is 0 Å². The molecule has 0 aromatic carbocycles. The number of nitrogens with two attached hydrogens (primary N) is 1. The van der Waals surface area contributed by atoms with Crippen LogP contribution in [0.2, 0.25) is 0 Å². The smallest absolute Gasteiger partial charge is 0.233 e. The summed E-state index contributed by atoms with van der Waals surface area (Å²) in [6.45, 7) is 5.94. The Morgan fingerprint density at radius 2 is 2.00 bits per heavy atom. The molecule has 1 aliphatic rings. The molecule has 0 unspecified atom stereocenters. The van der Waals surface area contributed by atoms with Crippen LogP contribution in [0.1, 0.15) is 68.6 Å². The fourth-order valence-electron chi connectivity index (χ4n) is 3.71. The molecular weight excluding hydrogens is 346 g/mol. The van der Waals surface area contributed by atoms with E-state index in [1.165, 1.54) is 0 Å². The Morgan fingerprint density at radius 3 is 2.56 bits per heavy atom. The van der Waals surface area contributed by atoms with Crippen LogP contribution in [0.15, 0.2) is 16.7 Å². The summed E-state index contributed by atoms with van der Waals surface area (Å²) in [4.78, 5) is 23.7. The van der Waals surface area contributed by atoms with Gasteiger partial charge in [-0.1, -0.05) is 5.16 Å². The minimum absolute atomic E-state index is 0.0267. The summed E-state index contributed by atoms with van der Waals surface area (Å²) in [5.41, 5.74) is 7.28. The molecule has 2 amide bonds. The van der Waals surface area contributed by atoms with Gasteiger partial charge < -0.3 is 15.6 Å². The van der Waals surface area contributed by atoms with Gasteiger partial charge in [-0.2, -0.15) is 5.10 Å². The van der Waals surface area contributed by atoms with Crippen LogP contribution < -0.4 is 11.1 Å². The third-order valence-electron chi connectivity index (χ3n) is 5.08. The minimum Gasteiger partial charge on any atom is -0.369 e. The van der Waals surface area contributed by atoms with Crippen molar-refractivity contribution in [3.8, 4) is 0 Å². The molecule has 3 rings (SSSR count). The molecule has 2 aromatic heterocycles. The first-order valence-corrected chi connectivity index (χ1v) is 9.44. The van der Waals surface area contributed by atoms with E-state index in [-0.39, 0.29) is 30.2 Å². The van der Waals surface area contributed by atoms with E-state index in [1.54, 1.807) is 6.07 Å². The highest BCUT2D eigenvalue weighted by molar-refractivity contribution is 5.91. The summed E-state index contributed by atoms with van der Waals surface area (Å²) in [5, 5.41) is 11.2. The molecule has 1 aliphatic carbocycles. The second kappa shape index (κ2) is 7.94. The van der Waals surface area contributed by atoms with Crippen molar-refractivity contribution >= 4 is 17.6 Å². The molecule has 0 aliphatic heterocycles. The second-order valence-electron chi connectivity index (χ2n) is 7.60. The third-order valence-corrected chi connectivity index (χ3v) is 5.08. The Hall–Kier alpha value is -2.64. The summed E-state index contributed by atoms with van der Waals surface area (Å²) in [6, 6.07) is 3.87. The summed E-state index contributed by atoms with van der Waals surface area (Å²) in [7, 11) is 0. The number of hydrogen-bond acceptors (Lipinski definition) is 5. The van der Waals surface area contributed by atoms with Gasteiger partial charge in [-0.3, -0.25) is 14.3 Å². The van der Waals surface area contributed by atoms with E-state index in [9.17, 15) is 9.59 Å². The molecule has 0 bridgehead atoms. The molecular formula is C19H27N5O3. The number of primary amides is 1. The summed E-state index contributed by atoms with van der Waals surface area (Å²) in [6.07, 6.45) is 3.52. The largest absolute Gasteiger partial charge is 0.369 e. The van der Waals surface area contributed by atoms with Gasteiger partial charge in [0, 0.05) is 35.7 Å². The molecule has 0 saturated heterocycles. The molecule has 1 fully saturated rings. The van der Waals surface area contributed by atoms with Crippen LogP contribution in [0.3, 0.4) is 0 Å². The van der Waals surface area contributed by atoms with E-state index in [0.717, 1.165) is 37.1 Å². The molecule has 0 spiro atoms. The normalized spacial score (nSPS) is 20.0. The van der Waals surface area contributed by atoms with Gasteiger partial charge in [0.25, 0.3) is 0 Å². The van der Waals surface area contributed by atoms with Gasteiger partial charge in [-0.25, -0.2) is 0 Å². The molecule has 0 radical (unpaired) electrons. The van der Waals surface area contributed by atoms with Crippen LogP contribution in [-0.2, 0) is 16.0 Å². The van der Waals surface area contributed by atoms with Crippen LogP contribution in [0.5, 0.6) is 0 Å². The Kier molecular flexibility index (Phi) is 5.62. The van der Waals surface area contributed by atoms with E-state index < -0.39 is 0 Å². The molecule has 8 heteroatoms. The number of nitrogens with zero attached hydrogens (tertiary/aromatic N) is 3. The number of anilines is 1. The van der Waals surface area contributed by atoms with Crippen molar-refractivity contribution in [1.82, 2.24) is 14.9 Å². The lowest BCUT2D eigenvalue weighted by molar-refractivity contribution is -0.122. The van der Waals surface area contributed by atoms with Crippen LogP contribution >= 0.6 is 0 Å². The fraction of sp³-hybridized carbons (Fsp3) is 0.579. The average molecular weight is 373 g/mol. The number of hydrogen-bond donors (Lipinski definition) is 2. The first-order valence-electron chi connectivity index (χ1n) is 9.44. The van der Waals surface area contributed by atoms with Gasteiger partial charge in [-0.15, -0.1) is 0 Å². The van der Waals surface area contributed by atoms with Crippen LogP contribution in [0, 0.1) is 12.8 Å². The first kappa shape index (κ1) is 19.1. The zero-order valence-electron chi connectivity index (χ0n) is 16.1. The fourth-order valence-corrected chi connectivity index (χ4v) is 3.71. The van der Waals surface area contributed by atoms with Crippen LogP contribution in [-0.4, -0.2) is 26.8 Å². The highest BCUT2D eigenvalue weighted by atomic mass is 16.5. The standard InChI is InChI=1S/C19H27N5O3/c1-11(2)24-16(13-4-6-14(7-5-13)19(20)26)10-17(22-24)21-18(25)9-15-8-12(3)23-27-15/h8,10-11,13-14H,4-7,9H2,1-3H3,(H2,20,26)(H,21,22,25). The number of aromatic nitrogens is 3. The van der Waals surface area contributed by atoms with E-state index >= 15 is 0 Å². The van der Waals surface area contributed by atoms with Gasteiger partial charge in [-0.05, 0) is 46.5 Å². The maximum absolute atomic E-state index is 12.3. The number of nitrogens with one attached hydrogen (secondary N) is 1. The quantitative estimate of drug-likeness (QED) is 0.807. The van der Waals surface area contributed by atoms with Crippen molar-refractivity contribution in [1.29, 1.82) is 0 Å². The van der Waals surface area contributed by atoms with E-state index in [0.29, 0.717) is 17.5 Å². The van der Waals surface area contributed by atoms with Gasteiger partial charge in [0.2, 0.25) is 11.8 Å². The van der Waals surface area contributed by atoms with Crippen molar-refractivity contribution in [2.75, 3.05) is 5.32 Å². The number of rotatable bonds is 6. The zero-order chi connectivity index (χ0) is 19.6. The van der Waals surface area contributed by atoms with E-state index in [2.05, 4.69) is 29.4 Å². The third kappa shape index (κ3) is 4.56. The Morgan fingerprint density at radius 1 is 1.30 bits per heavy atom. The van der Waals surface area contributed by atoms with Crippen molar-refractivity contribution < 1.29 is 14.1 Å². The molecule has 2 aromatic rings. The molecule has 146 valence electrons. The lowest BCUT2D eigenvalue weighted by Crippen LogP contribution is -2.27. The maximum atomic E-state index is 12.3. The first-order chi connectivity index (χ1) is 12.8.